The van der Waals surface area contributed by atoms with Gasteiger partial charge in [-0.25, -0.2) is 17.6 Å². The van der Waals surface area contributed by atoms with E-state index in [0.717, 1.165) is 4.31 Å². The number of aryl methyl sites for hydroxylation is 2. The lowest BCUT2D eigenvalue weighted by molar-refractivity contribution is -0.119. The average molecular weight is 437 g/mol. The fourth-order valence-electron chi connectivity index (χ4n) is 3.40. The standard InChI is InChI=1S/C20H24FN3O5S/c1-4-29-20(26)18-11-15(12-23(18)3)30(27,28)24-9-5-6-17(24)19(25)22-14-8-7-13(2)16(21)10-14/h7-8,10-12,17H,4-6,9H2,1-3H3,(H,22,25). The van der Waals surface area contributed by atoms with Crippen molar-refractivity contribution in [3.63, 3.8) is 0 Å². The number of hydrogen-bond acceptors (Lipinski definition) is 5. The molecule has 0 radical (unpaired) electrons. The van der Waals surface area contributed by atoms with Crippen LogP contribution in [0.3, 0.4) is 0 Å². The summed E-state index contributed by atoms with van der Waals surface area (Å²) in [5.41, 5.74) is 0.807. The summed E-state index contributed by atoms with van der Waals surface area (Å²) < 4.78 is 47.5. The summed E-state index contributed by atoms with van der Waals surface area (Å²) in [6.45, 7) is 3.61. The predicted octanol–water partition coefficient (Wildman–Crippen LogP) is 2.44. The molecule has 1 fully saturated rings. The number of benzene rings is 1. The molecule has 2 heterocycles. The zero-order valence-corrected chi connectivity index (χ0v) is 17.8. The highest BCUT2D eigenvalue weighted by atomic mass is 32.2. The van der Waals surface area contributed by atoms with E-state index in [1.807, 2.05) is 0 Å². The van der Waals surface area contributed by atoms with Crippen LogP contribution in [-0.4, -0.2) is 48.4 Å². The largest absolute Gasteiger partial charge is 0.461 e. The first-order valence-corrected chi connectivity index (χ1v) is 11.0. The third-order valence-corrected chi connectivity index (χ3v) is 6.89. The van der Waals surface area contributed by atoms with E-state index in [0.29, 0.717) is 18.4 Å². The Bertz CT molecular complexity index is 1080. The van der Waals surface area contributed by atoms with Crippen LogP contribution in [-0.2, 0) is 26.6 Å². The van der Waals surface area contributed by atoms with Crippen molar-refractivity contribution < 1.29 is 27.1 Å². The van der Waals surface area contributed by atoms with Crippen molar-refractivity contribution >= 4 is 27.6 Å². The van der Waals surface area contributed by atoms with Crippen LogP contribution in [0.4, 0.5) is 10.1 Å². The highest BCUT2D eigenvalue weighted by Gasteiger charge is 2.40. The first-order valence-electron chi connectivity index (χ1n) is 9.57. The molecule has 1 N–H and O–H groups in total. The molecule has 8 nitrogen and oxygen atoms in total. The monoisotopic (exact) mass is 437 g/mol. The number of anilines is 1. The molecular formula is C20H24FN3O5S. The minimum Gasteiger partial charge on any atom is -0.461 e. The highest BCUT2D eigenvalue weighted by Crippen LogP contribution is 2.28. The molecule has 0 spiro atoms. The Morgan fingerprint density at radius 1 is 1.30 bits per heavy atom. The van der Waals surface area contributed by atoms with E-state index in [2.05, 4.69) is 5.32 Å². The first kappa shape index (κ1) is 22.0. The topological polar surface area (TPSA) is 97.7 Å². The second kappa shape index (κ2) is 8.57. The van der Waals surface area contributed by atoms with E-state index in [1.54, 1.807) is 27.0 Å². The second-order valence-electron chi connectivity index (χ2n) is 7.12. The van der Waals surface area contributed by atoms with Crippen LogP contribution < -0.4 is 5.32 Å². The number of carbonyl (C=O) groups excluding carboxylic acids is 2. The number of esters is 1. The maximum atomic E-state index is 13.8. The SMILES string of the molecule is CCOC(=O)c1cc(S(=O)(=O)N2CCCC2C(=O)Nc2ccc(C)c(F)c2)cn1C. The quantitative estimate of drug-likeness (QED) is 0.700. The Hall–Kier alpha value is -2.72. The predicted molar refractivity (Wildman–Crippen MR) is 108 cm³/mol. The summed E-state index contributed by atoms with van der Waals surface area (Å²) in [4.78, 5) is 24.7. The van der Waals surface area contributed by atoms with Gasteiger partial charge in [-0.3, -0.25) is 4.79 Å². The number of halogens is 1. The van der Waals surface area contributed by atoms with Crippen molar-refractivity contribution in [3.05, 3.63) is 47.5 Å². The van der Waals surface area contributed by atoms with Crippen molar-refractivity contribution in [1.29, 1.82) is 0 Å². The number of rotatable bonds is 6. The zero-order valence-electron chi connectivity index (χ0n) is 17.0. The smallest absolute Gasteiger partial charge is 0.354 e. The van der Waals surface area contributed by atoms with Crippen LogP contribution in [0.5, 0.6) is 0 Å². The minimum atomic E-state index is -4.02. The molecule has 1 aliphatic heterocycles. The number of carbonyl (C=O) groups is 2. The molecule has 0 saturated carbocycles. The van der Waals surface area contributed by atoms with Crippen LogP contribution in [0.25, 0.3) is 0 Å². The van der Waals surface area contributed by atoms with Gasteiger partial charge in [0.2, 0.25) is 15.9 Å². The lowest BCUT2D eigenvalue weighted by atomic mass is 10.2. The van der Waals surface area contributed by atoms with Crippen LogP contribution in [0.1, 0.15) is 35.8 Å². The number of aromatic nitrogens is 1. The molecule has 162 valence electrons. The molecule has 1 amide bonds. The van der Waals surface area contributed by atoms with Gasteiger partial charge in [0.15, 0.2) is 0 Å². The third kappa shape index (κ3) is 4.24. The summed E-state index contributed by atoms with van der Waals surface area (Å²) in [6.07, 6.45) is 2.18. The third-order valence-electron chi connectivity index (χ3n) is 5.02. The molecule has 1 aromatic heterocycles. The van der Waals surface area contributed by atoms with Gasteiger partial charge in [0.1, 0.15) is 22.4 Å². The Labute approximate surface area is 174 Å². The van der Waals surface area contributed by atoms with Gasteiger partial charge in [-0.15, -0.1) is 0 Å². The Morgan fingerprint density at radius 2 is 2.03 bits per heavy atom. The number of ether oxygens (including phenoxy) is 1. The molecule has 3 rings (SSSR count). The van der Waals surface area contributed by atoms with E-state index in [-0.39, 0.29) is 29.4 Å². The van der Waals surface area contributed by atoms with Crippen LogP contribution >= 0.6 is 0 Å². The number of hydrogen-bond donors (Lipinski definition) is 1. The van der Waals surface area contributed by atoms with Gasteiger partial charge in [0.05, 0.1) is 6.61 Å². The summed E-state index contributed by atoms with van der Waals surface area (Å²) in [5.74, 6) is -1.61. The fourth-order valence-corrected chi connectivity index (χ4v) is 5.13. The molecule has 2 aromatic rings. The van der Waals surface area contributed by atoms with E-state index < -0.39 is 33.8 Å². The van der Waals surface area contributed by atoms with Gasteiger partial charge in [0, 0.05) is 25.5 Å². The molecule has 1 unspecified atom stereocenters. The molecular weight excluding hydrogens is 413 g/mol. The first-order chi connectivity index (χ1) is 14.1. The van der Waals surface area contributed by atoms with Gasteiger partial charge in [-0.05, 0) is 50.5 Å². The van der Waals surface area contributed by atoms with Crippen LogP contribution in [0.15, 0.2) is 35.4 Å². The zero-order chi connectivity index (χ0) is 22.1. The average Bonchev–Trinajstić information content (AvgIpc) is 3.32. The molecule has 0 bridgehead atoms. The highest BCUT2D eigenvalue weighted by molar-refractivity contribution is 7.89. The van der Waals surface area contributed by atoms with Crippen LogP contribution in [0.2, 0.25) is 0 Å². The normalized spacial score (nSPS) is 17.1. The number of nitrogens with one attached hydrogen (secondary N) is 1. The van der Waals surface area contributed by atoms with E-state index in [1.165, 1.54) is 29.0 Å². The van der Waals surface area contributed by atoms with Crippen molar-refractivity contribution in [2.75, 3.05) is 18.5 Å². The molecule has 1 aromatic carbocycles. The summed E-state index contributed by atoms with van der Waals surface area (Å²) >= 11 is 0. The van der Waals surface area contributed by atoms with Crippen molar-refractivity contribution in [2.24, 2.45) is 7.05 Å². The lowest BCUT2D eigenvalue weighted by Crippen LogP contribution is -2.43. The summed E-state index contributed by atoms with van der Waals surface area (Å²) in [7, 11) is -2.47. The Morgan fingerprint density at radius 3 is 2.70 bits per heavy atom. The Kier molecular flexibility index (Phi) is 6.27. The fraction of sp³-hybridized carbons (Fsp3) is 0.400. The molecule has 10 heteroatoms. The molecule has 30 heavy (non-hydrogen) atoms. The number of amides is 1. The van der Waals surface area contributed by atoms with E-state index >= 15 is 0 Å². The van der Waals surface area contributed by atoms with Gasteiger partial charge >= 0.3 is 5.97 Å². The second-order valence-corrected chi connectivity index (χ2v) is 9.01. The molecule has 0 aliphatic carbocycles. The van der Waals surface area contributed by atoms with Gasteiger partial charge in [-0.2, -0.15) is 4.31 Å². The summed E-state index contributed by atoms with van der Waals surface area (Å²) in [5, 5.41) is 2.59. The van der Waals surface area contributed by atoms with E-state index in [4.69, 9.17) is 4.74 Å². The number of sulfonamides is 1. The number of nitrogens with zero attached hydrogens (tertiary/aromatic N) is 2. The minimum absolute atomic E-state index is 0.0888. The van der Waals surface area contributed by atoms with Gasteiger partial charge in [-0.1, -0.05) is 6.07 Å². The summed E-state index contributed by atoms with van der Waals surface area (Å²) in [6, 6.07) is 4.62. The van der Waals surface area contributed by atoms with E-state index in [9.17, 15) is 22.4 Å². The van der Waals surface area contributed by atoms with Crippen molar-refractivity contribution in [3.8, 4) is 0 Å². The maximum absolute atomic E-state index is 13.8. The molecule has 1 aliphatic rings. The van der Waals surface area contributed by atoms with Crippen molar-refractivity contribution in [2.45, 2.75) is 37.6 Å². The van der Waals surface area contributed by atoms with Crippen LogP contribution in [0, 0.1) is 12.7 Å². The molecule has 1 saturated heterocycles. The molecule has 1 atom stereocenters. The maximum Gasteiger partial charge on any atom is 0.354 e. The van der Waals surface area contributed by atoms with Crippen molar-refractivity contribution in [1.82, 2.24) is 8.87 Å². The van der Waals surface area contributed by atoms with Gasteiger partial charge in [0.25, 0.3) is 0 Å². The Balaban J connectivity index is 1.83. The van der Waals surface area contributed by atoms with Gasteiger partial charge < -0.3 is 14.6 Å². The lowest BCUT2D eigenvalue weighted by Gasteiger charge is -2.23.